The number of ketones is 1. The van der Waals surface area contributed by atoms with Gasteiger partial charge in [0.2, 0.25) is 0 Å². The van der Waals surface area contributed by atoms with Gasteiger partial charge < -0.3 is 35.1 Å². The van der Waals surface area contributed by atoms with Gasteiger partial charge in [0.15, 0.2) is 12.4 Å². The SMILES string of the molecule is C[C@]12CC[C@@H](OC(=O)[C@@H](O)[C@@H](O)[C@H](O)[C@@H](O)C=O)C[C@H]1CC[C@@H]1[C@@H]2C(O)C[C@]2(C)C(=O)CC[C@@H]12. The summed E-state index contributed by atoms with van der Waals surface area (Å²) in [6.45, 7) is 4.24. The summed E-state index contributed by atoms with van der Waals surface area (Å²) in [6, 6.07) is 0. The fourth-order valence-electron chi connectivity index (χ4n) is 8.07. The minimum Gasteiger partial charge on any atom is -0.460 e. The van der Waals surface area contributed by atoms with Crippen molar-refractivity contribution in [3.05, 3.63) is 0 Å². The van der Waals surface area contributed by atoms with Gasteiger partial charge in [-0.2, -0.15) is 0 Å². The summed E-state index contributed by atoms with van der Waals surface area (Å²) >= 11 is 0. The van der Waals surface area contributed by atoms with Crippen LogP contribution in [0.15, 0.2) is 0 Å². The molecule has 0 aromatic rings. The van der Waals surface area contributed by atoms with Crippen LogP contribution >= 0.6 is 0 Å². The van der Waals surface area contributed by atoms with Crippen molar-refractivity contribution < 1.29 is 44.7 Å². The number of hydrogen-bond donors (Lipinski definition) is 5. The molecule has 4 fully saturated rings. The summed E-state index contributed by atoms with van der Waals surface area (Å²) in [5, 5.41) is 50.2. The molecule has 4 rings (SSSR count). The first-order chi connectivity index (χ1) is 15.9. The summed E-state index contributed by atoms with van der Waals surface area (Å²) in [4.78, 5) is 35.6. The lowest BCUT2D eigenvalue weighted by Crippen LogP contribution is -2.59. The van der Waals surface area contributed by atoms with Gasteiger partial charge >= 0.3 is 5.97 Å². The summed E-state index contributed by atoms with van der Waals surface area (Å²) in [5.41, 5.74) is -0.559. The van der Waals surface area contributed by atoms with E-state index in [2.05, 4.69) is 6.92 Å². The molecule has 0 spiro atoms. The number of rotatable bonds is 6. The van der Waals surface area contributed by atoms with Gasteiger partial charge in [-0.25, -0.2) is 4.79 Å². The average molecular weight is 483 g/mol. The summed E-state index contributed by atoms with van der Waals surface area (Å²) < 4.78 is 5.46. The number of aliphatic hydroxyl groups excluding tert-OH is 5. The maximum atomic E-state index is 12.6. The van der Waals surface area contributed by atoms with E-state index in [1.165, 1.54) is 0 Å². The zero-order valence-electron chi connectivity index (χ0n) is 19.9. The smallest absolute Gasteiger partial charge is 0.338 e. The molecule has 0 heterocycles. The number of aliphatic hydroxyl groups is 5. The molecular formula is C25H38O9. The highest BCUT2D eigenvalue weighted by molar-refractivity contribution is 5.87. The van der Waals surface area contributed by atoms with Gasteiger partial charge in [-0.05, 0) is 74.0 Å². The molecular weight excluding hydrogens is 444 g/mol. The summed E-state index contributed by atoms with van der Waals surface area (Å²) in [5.74, 6) is 0.101. The maximum Gasteiger partial charge on any atom is 0.338 e. The van der Waals surface area contributed by atoms with Gasteiger partial charge in [-0.1, -0.05) is 13.8 Å². The van der Waals surface area contributed by atoms with Crippen LogP contribution in [0.2, 0.25) is 0 Å². The Balaban J connectivity index is 1.41. The van der Waals surface area contributed by atoms with E-state index in [4.69, 9.17) is 4.74 Å². The molecule has 0 aromatic carbocycles. The van der Waals surface area contributed by atoms with Crippen LogP contribution in [0.3, 0.4) is 0 Å². The van der Waals surface area contributed by atoms with Crippen LogP contribution in [-0.2, 0) is 19.1 Å². The quantitative estimate of drug-likeness (QED) is 0.262. The molecule has 9 heteroatoms. The van der Waals surface area contributed by atoms with E-state index in [9.17, 15) is 39.9 Å². The van der Waals surface area contributed by atoms with Crippen LogP contribution in [0.25, 0.3) is 0 Å². The zero-order valence-corrected chi connectivity index (χ0v) is 19.9. The van der Waals surface area contributed by atoms with E-state index in [1.54, 1.807) is 0 Å². The number of fused-ring (bicyclic) bond motifs is 5. The molecule has 0 bridgehead atoms. The predicted octanol–water partition coefficient (Wildman–Crippen LogP) is 0.123. The van der Waals surface area contributed by atoms with Crippen molar-refractivity contribution in [1.82, 2.24) is 0 Å². The first-order valence-electron chi connectivity index (χ1n) is 12.5. The largest absolute Gasteiger partial charge is 0.460 e. The third kappa shape index (κ3) is 4.03. The molecule has 0 saturated heterocycles. The lowest BCUT2D eigenvalue weighted by atomic mass is 9.44. The zero-order chi connectivity index (χ0) is 25.0. The monoisotopic (exact) mass is 482 g/mol. The van der Waals surface area contributed by atoms with E-state index in [0.717, 1.165) is 25.7 Å². The normalized spacial score (nSPS) is 45.2. The highest BCUT2D eigenvalue weighted by Gasteiger charge is 2.63. The highest BCUT2D eigenvalue weighted by atomic mass is 16.6. The summed E-state index contributed by atoms with van der Waals surface area (Å²) in [6.07, 6.45) is -3.41. The Morgan fingerprint density at radius 1 is 1.09 bits per heavy atom. The van der Waals surface area contributed by atoms with Crippen molar-refractivity contribution in [3.63, 3.8) is 0 Å². The van der Waals surface area contributed by atoms with Crippen LogP contribution in [-0.4, -0.2) is 80.2 Å². The van der Waals surface area contributed by atoms with Gasteiger partial charge in [0.25, 0.3) is 0 Å². The summed E-state index contributed by atoms with van der Waals surface area (Å²) in [7, 11) is 0. The molecule has 1 unspecified atom stereocenters. The third-order valence-electron chi connectivity index (χ3n) is 9.95. The van der Waals surface area contributed by atoms with Crippen molar-refractivity contribution in [2.24, 2.45) is 34.5 Å². The number of Topliss-reactive ketones (excluding diaryl/α,β-unsaturated/α-hetero) is 1. The maximum absolute atomic E-state index is 12.6. The number of esters is 1. The Hall–Kier alpha value is -1.39. The number of carbonyl (C=O) groups excluding carboxylic acids is 3. The number of carbonyl (C=O) groups is 3. The topological polar surface area (TPSA) is 162 Å². The van der Waals surface area contributed by atoms with Crippen molar-refractivity contribution in [2.45, 2.75) is 102 Å². The van der Waals surface area contributed by atoms with E-state index in [1.807, 2.05) is 6.92 Å². The van der Waals surface area contributed by atoms with Gasteiger partial charge in [-0.15, -0.1) is 0 Å². The Kier molecular flexibility index (Phi) is 6.98. The van der Waals surface area contributed by atoms with Gasteiger partial charge in [0.05, 0.1) is 6.10 Å². The molecule has 0 amide bonds. The molecule has 4 saturated carbocycles. The lowest BCUT2D eigenvalue weighted by Gasteiger charge is -2.61. The molecule has 5 N–H and O–H groups in total. The molecule has 0 aromatic heterocycles. The first-order valence-corrected chi connectivity index (χ1v) is 12.5. The Bertz CT molecular complexity index is 816. The molecule has 4 aliphatic rings. The standard InChI is InChI=1S/C25H38O9/c1-24-8-7-13(34-23(33)22(32)21(31)20(30)17(28)11-26)9-12(24)3-4-14-15-5-6-18(29)25(15,2)10-16(27)19(14)24/h11-17,19-22,27-28,30-32H,3-10H2,1-2H3/t12-,13-,14+,15+,16?,17+,19-,20-,21+,22+,24+,25+/m1/s1. The fraction of sp³-hybridized carbons (Fsp3) is 0.880. The molecule has 4 aliphatic carbocycles. The molecule has 0 radical (unpaired) electrons. The lowest BCUT2D eigenvalue weighted by molar-refractivity contribution is -0.191. The molecule has 9 nitrogen and oxygen atoms in total. The second-order valence-electron chi connectivity index (χ2n) is 11.6. The number of ether oxygens (including phenoxy) is 1. The van der Waals surface area contributed by atoms with Crippen molar-refractivity contribution in [2.75, 3.05) is 0 Å². The van der Waals surface area contributed by atoms with Crippen molar-refractivity contribution in [3.8, 4) is 0 Å². The average Bonchev–Trinajstić information content (AvgIpc) is 3.10. The van der Waals surface area contributed by atoms with E-state index >= 15 is 0 Å². The molecule has 0 aliphatic heterocycles. The van der Waals surface area contributed by atoms with Crippen LogP contribution < -0.4 is 0 Å². The van der Waals surface area contributed by atoms with Crippen molar-refractivity contribution >= 4 is 18.0 Å². The van der Waals surface area contributed by atoms with Gasteiger partial charge in [0, 0.05) is 11.8 Å². The van der Waals surface area contributed by atoms with Crippen molar-refractivity contribution in [1.29, 1.82) is 0 Å². The van der Waals surface area contributed by atoms with E-state index in [0.29, 0.717) is 37.5 Å². The Morgan fingerprint density at radius 3 is 2.47 bits per heavy atom. The van der Waals surface area contributed by atoms with E-state index < -0.39 is 48.0 Å². The number of aldehydes is 1. The van der Waals surface area contributed by atoms with Crippen LogP contribution in [0.1, 0.15) is 65.2 Å². The predicted molar refractivity (Wildman–Crippen MR) is 118 cm³/mol. The fourth-order valence-corrected chi connectivity index (χ4v) is 8.07. The third-order valence-corrected chi connectivity index (χ3v) is 9.95. The van der Waals surface area contributed by atoms with E-state index in [-0.39, 0.29) is 29.3 Å². The van der Waals surface area contributed by atoms with Crippen LogP contribution in [0.5, 0.6) is 0 Å². The minimum atomic E-state index is -2.09. The Labute approximate surface area is 199 Å². The molecule has 192 valence electrons. The first kappa shape index (κ1) is 25.7. The highest BCUT2D eigenvalue weighted by Crippen LogP contribution is 2.65. The van der Waals surface area contributed by atoms with Gasteiger partial charge in [0.1, 0.15) is 30.2 Å². The molecule has 12 atom stereocenters. The second-order valence-corrected chi connectivity index (χ2v) is 11.6. The molecule has 34 heavy (non-hydrogen) atoms. The van der Waals surface area contributed by atoms with Crippen LogP contribution in [0.4, 0.5) is 0 Å². The van der Waals surface area contributed by atoms with Crippen LogP contribution in [0, 0.1) is 34.5 Å². The second kappa shape index (κ2) is 9.24. The van der Waals surface area contributed by atoms with Gasteiger partial charge in [-0.3, -0.25) is 4.79 Å². The Morgan fingerprint density at radius 2 is 1.79 bits per heavy atom. The number of hydrogen-bond acceptors (Lipinski definition) is 9. The minimum absolute atomic E-state index is 0.00793.